The fourth-order valence-electron chi connectivity index (χ4n) is 2.49. The molecule has 2 aromatic rings. The van der Waals surface area contributed by atoms with Gasteiger partial charge in [-0.3, -0.25) is 0 Å². The smallest absolute Gasteiger partial charge is 0.125 e. The van der Waals surface area contributed by atoms with E-state index in [9.17, 15) is 0 Å². The van der Waals surface area contributed by atoms with Crippen molar-refractivity contribution in [2.45, 2.75) is 33.9 Å². The first-order valence-corrected chi connectivity index (χ1v) is 7.51. The van der Waals surface area contributed by atoms with Crippen LogP contribution in [0.1, 0.15) is 27.8 Å². The highest BCUT2D eigenvalue weighted by Crippen LogP contribution is 2.27. The fraction of sp³-hybridized carbons (Fsp3) is 0.333. The van der Waals surface area contributed by atoms with E-state index in [2.05, 4.69) is 37.4 Å². The summed E-state index contributed by atoms with van der Waals surface area (Å²) >= 11 is 6.25. The molecule has 0 unspecified atom stereocenters. The normalized spacial score (nSPS) is 10.7. The number of nitrogens with one attached hydrogen (secondary N) is 1. The van der Waals surface area contributed by atoms with Crippen molar-refractivity contribution in [2.24, 2.45) is 0 Å². The van der Waals surface area contributed by atoms with E-state index in [-0.39, 0.29) is 0 Å². The first-order valence-electron chi connectivity index (χ1n) is 7.14. The van der Waals surface area contributed by atoms with Crippen LogP contribution in [0.5, 0.6) is 5.75 Å². The second kappa shape index (κ2) is 6.97. The summed E-state index contributed by atoms with van der Waals surface area (Å²) in [7, 11) is 1.95. The lowest BCUT2D eigenvalue weighted by atomic mass is 10.1. The van der Waals surface area contributed by atoms with Gasteiger partial charge in [-0.2, -0.15) is 0 Å². The Morgan fingerprint density at radius 3 is 2.29 bits per heavy atom. The summed E-state index contributed by atoms with van der Waals surface area (Å²) < 4.78 is 6.00. The highest BCUT2D eigenvalue weighted by atomic mass is 35.5. The zero-order chi connectivity index (χ0) is 15.4. The summed E-state index contributed by atoms with van der Waals surface area (Å²) in [5, 5.41) is 3.93. The Morgan fingerprint density at radius 2 is 1.71 bits per heavy atom. The van der Waals surface area contributed by atoms with E-state index in [1.165, 1.54) is 5.56 Å². The minimum absolute atomic E-state index is 0.492. The van der Waals surface area contributed by atoms with Crippen LogP contribution in [-0.4, -0.2) is 7.05 Å². The van der Waals surface area contributed by atoms with Gasteiger partial charge in [-0.05, 0) is 56.1 Å². The Kier molecular flexibility index (Phi) is 5.27. The number of benzene rings is 2. The van der Waals surface area contributed by atoms with Gasteiger partial charge in [0.15, 0.2) is 0 Å². The average Bonchev–Trinajstić information content (AvgIpc) is 2.40. The van der Waals surface area contributed by atoms with Crippen LogP contribution < -0.4 is 10.1 Å². The van der Waals surface area contributed by atoms with Crippen molar-refractivity contribution in [1.82, 2.24) is 5.32 Å². The minimum Gasteiger partial charge on any atom is -0.488 e. The van der Waals surface area contributed by atoms with Crippen LogP contribution >= 0.6 is 11.6 Å². The Morgan fingerprint density at radius 1 is 1.05 bits per heavy atom. The fourth-order valence-corrected chi connectivity index (χ4v) is 2.78. The minimum atomic E-state index is 0.492. The molecule has 2 nitrogen and oxygen atoms in total. The summed E-state index contributed by atoms with van der Waals surface area (Å²) in [5.74, 6) is 0.950. The molecule has 0 aliphatic heterocycles. The molecule has 0 aliphatic rings. The van der Waals surface area contributed by atoms with Crippen molar-refractivity contribution >= 4 is 11.6 Å². The molecule has 0 spiro atoms. The Hall–Kier alpha value is -1.51. The molecule has 112 valence electrons. The summed E-state index contributed by atoms with van der Waals surface area (Å²) in [6.07, 6.45) is 0. The third-order valence-corrected chi connectivity index (χ3v) is 3.83. The molecule has 0 heterocycles. The van der Waals surface area contributed by atoms with Gasteiger partial charge in [0.1, 0.15) is 12.4 Å². The van der Waals surface area contributed by atoms with Crippen molar-refractivity contribution in [3.63, 3.8) is 0 Å². The molecular formula is C18H22ClNO. The molecule has 1 N–H and O–H groups in total. The average molecular weight is 304 g/mol. The number of hydrogen-bond donors (Lipinski definition) is 1. The van der Waals surface area contributed by atoms with Crippen LogP contribution in [0.3, 0.4) is 0 Å². The van der Waals surface area contributed by atoms with Gasteiger partial charge in [0.05, 0.1) is 0 Å². The second-order valence-electron chi connectivity index (χ2n) is 5.47. The van der Waals surface area contributed by atoms with Gasteiger partial charge in [0, 0.05) is 17.1 Å². The SMILES string of the molecule is CNCc1cc(C)c(OCc2ccc(C)cc2Cl)c(C)c1. The van der Waals surface area contributed by atoms with Crippen LogP contribution in [-0.2, 0) is 13.2 Å². The second-order valence-corrected chi connectivity index (χ2v) is 5.88. The van der Waals surface area contributed by atoms with Crippen molar-refractivity contribution in [1.29, 1.82) is 0 Å². The molecule has 0 fully saturated rings. The Balaban J connectivity index is 2.16. The van der Waals surface area contributed by atoms with Crippen molar-refractivity contribution in [3.8, 4) is 5.75 Å². The summed E-state index contributed by atoms with van der Waals surface area (Å²) in [6.45, 7) is 7.56. The molecule has 0 amide bonds. The van der Waals surface area contributed by atoms with Gasteiger partial charge in [0.25, 0.3) is 0 Å². The van der Waals surface area contributed by atoms with Gasteiger partial charge in [0.2, 0.25) is 0 Å². The number of hydrogen-bond acceptors (Lipinski definition) is 2. The summed E-state index contributed by atoms with van der Waals surface area (Å²) in [4.78, 5) is 0. The molecule has 0 bridgehead atoms. The van der Waals surface area contributed by atoms with E-state index in [0.29, 0.717) is 6.61 Å². The third kappa shape index (κ3) is 3.99. The van der Waals surface area contributed by atoms with Crippen LogP contribution in [0.4, 0.5) is 0 Å². The van der Waals surface area contributed by atoms with Gasteiger partial charge in [-0.15, -0.1) is 0 Å². The Bertz CT molecular complexity index is 614. The molecule has 21 heavy (non-hydrogen) atoms. The first kappa shape index (κ1) is 15.9. The molecular weight excluding hydrogens is 282 g/mol. The highest BCUT2D eigenvalue weighted by Gasteiger charge is 2.08. The number of aryl methyl sites for hydroxylation is 3. The van der Waals surface area contributed by atoms with Crippen LogP contribution in [0.2, 0.25) is 5.02 Å². The van der Waals surface area contributed by atoms with Crippen molar-refractivity contribution in [3.05, 3.63) is 63.2 Å². The number of rotatable bonds is 5. The standard InChI is InChI=1S/C18H22ClNO/c1-12-5-6-16(17(19)7-12)11-21-18-13(2)8-15(10-20-4)9-14(18)3/h5-9,20H,10-11H2,1-4H3. The molecule has 0 atom stereocenters. The van der Waals surface area contributed by atoms with Gasteiger partial charge >= 0.3 is 0 Å². The zero-order valence-electron chi connectivity index (χ0n) is 13.1. The van der Waals surface area contributed by atoms with E-state index >= 15 is 0 Å². The quantitative estimate of drug-likeness (QED) is 0.874. The van der Waals surface area contributed by atoms with E-state index < -0.39 is 0 Å². The molecule has 0 aromatic heterocycles. The summed E-state index contributed by atoms with van der Waals surface area (Å²) in [5.41, 5.74) is 5.76. The lowest BCUT2D eigenvalue weighted by Gasteiger charge is -2.15. The van der Waals surface area contributed by atoms with E-state index in [1.807, 2.05) is 26.1 Å². The van der Waals surface area contributed by atoms with E-state index in [0.717, 1.165) is 39.6 Å². The molecule has 0 aliphatic carbocycles. The molecule has 3 heteroatoms. The zero-order valence-corrected chi connectivity index (χ0v) is 13.8. The van der Waals surface area contributed by atoms with Crippen molar-refractivity contribution in [2.75, 3.05) is 7.05 Å². The highest BCUT2D eigenvalue weighted by molar-refractivity contribution is 6.31. The van der Waals surface area contributed by atoms with E-state index in [4.69, 9.17) is 16.3 Å². The first-order chi connectivity index (χ1) is 10.0. The molecule has 0 radical (unpaired) electrons. The topological polar surface area (TPSA) is 21.3 Å². The summed E-state index contributed by atoms with van der Waals surface area (Å²) in [6, 6.07) is 10.4. The Labute approximate surface area is 132 Å². The maximum Gasteiger partial charge on any atom is 0.125 e. The predicted molar refractivity (Wildman–Crippen MR) is 89.2 cm³/mol. The molecule has 2 rings (SSSR count). The van der Waals surface area contributed by atoms with Gasteiger partial charge < -0.3 is 10.1 Å². The monoisotopic (exact) mass is 303 g/mol. The number of ether oxygens (including phenoxy) is 1. The largest absolute Gasteiger partial charge is 0.488 e. The maximum atomic E-state index is 6.25. The van der Waals surface area contributed by atoms with Crippen LogP contribution in [0.25, 0.3) is 0 Å². The maximum absolute atomic E-state index is 6.25. The predicted octanol–water partition coefficient (Wildman–Crippen LogP) is 4.56. The van der Waals surface area contributed by atoms with Crippen LogP contribution in [0, 0.1) is 20.8 Å². The lowest BCUT2D eigenvalue weighted by molar-refractivity contribution is 0.302. The van der Waals surface area contributed by atoms with E-state index in [1.54, 1.807) is 0 Å². The molecule has 0 saturated carbocycles. The molecule has 0 saturated heterocycles. The van der Waals surface area contributed by atoms with Crippen molar-refractivity contribution < 1.29 is 4.74 Å². The molecule has 2 aromatic carbocycles. The third-order valence-electron chi connectivity index (χ3n) is 3.48. The van der Waals surface area contributed by atoms with Gasteiger partial charge in [-0.25, -0.2) is 0 Å². The van der Waals surface area contributed by atoms with Crippen LogP contribution in [0.15, 0.2) is 30.3 Å². The number of halogens is 1. The van der Waals surface area contributed by atoms with Gasteiger partial charge in [-0.1, -0.05) is 35.9 Å². The lowest BCUT2D eigenvalue weighted by Crippen LogP contribution is -2.06.